The fourth-order valence-electron chi connectivity index (χ4n) is 1.03. The Labute approximate surface area is 93.1 Å². The maximum Gasteiger partial charge on any atom is 0.215 e. The Morgan fingerprint density at radius 2 is 1.87 bits per heavy atom. The number of nitrogens with one attached hydrogen (secondary N) is 1. The SMILES string of the molecule is CC(CCN(C)C)NS(=O)(=O)C(C)CN. The zero-order valence-corrected chi connectivity index (χ0v) is 10.8. The van der Waals surface area contributed by atoms with Gasteiger partial charge in [0.1, 0.15) is 0 Å². The van der Waals surface area contributed by atoms with E-state index in [0.717, 1.165) is 13.0 Å². The van der Waals surface area contributed by atoms with Gasteiger partial charge in [-0.15, -0.1) is 0 Å². The normalized spacial score (nSPS) is 16.7. The molecule has 0 spiro atoms. The third-order valence-electron chi connectivity index (χ3n) is 2.24. The van der Waals surface area contributed by atoms with Gasteiger partial charge in [0.05, 0.1) is 5.25 Å². The summed E-state index contributed by atoms with van der Waals surface area (Å²) in [7, 11) is 0.673. The van der Waals surface area contributed by atoms with Crippen LogP contribution < -0.4 is 10.5 Å². The van der Waals surface area contributed by atoms with Crippen LogP contribution in [0.25, 0.3) is 0 Å². The first kappa shape index (κ1) is 14.8. The van der Waals surface area contributed by atoms with E-state index >= 15 is 0 Å². The van der Waals surface area contributed by atoms with Crippen molar-refractivity contribution in [3.63, 3.8) is 0 Å². The fraction of sp³-hybridized carbons (Fsp3) is 1.00. The Hall–Kier alpha value is -0.170. The summed E-state index contributed by atoms with van der Waals surface area (Å²) in [5.74, 6) is 0. The van der Waals surface area contributed by atoms with E-state index in [1.54, 1.807) is 6.92 Å². The van der Waals surface area contributed by atoms with E-state index < -0.39 is 15.3 Å². The van der Waals surface area contributed by atoms with Gasteiger partial charge in [0, 0.05) is 12.6 Å². The quantitative estimate of drug-likeness (QED) is 0.631. The van der Waals surface area contributed by atoms with Crippen LogP contribution in [-0.2, 0) is 10.0 Å². The van der Waals surface area contributed by atoms with Gasteiger partial charge >= 0.3 is 0 Å². The summed E-state index contributed by atoms with van der Waals surface area (Å²) in [5.41, 5.74) is 5.33. The third kappa shape index (κ3) is 6.09. The molecule has 0 heterocycles. The Morgan fingerprint density at radius 3 is 2.27 bits per heavy atom. The molecule has 0 rings (SSSR count). The van der Waals surface area contributed by atoms with Gasteiger partial charge in [-0.05, 0) is 40.9 Å². The first-order valence-corrected chi connectivity index (χ1v) is 6.70. The predicted molar refractivity (Wildman–Crippen MR) is 63.2 cm³/mol. The zero-order chi connectivity index (χ0) is 12.1. The van der Waals surface area contributed by atoms with Crippen molar-refractivity contribution in [2.45, 2.75) is 31.6 Å². The average molecular weight is 237 g/mol. The van der Waals surface area contributed by atoms with Crippen LogP contribution in [0.2, 0.25) is 0 Å². The summed E-state index contributed by atoms with van der Waals surface area (Å²) in [6, 6.07) is -0.0496. The van der Waals surface area contributed by atoms with Crippen LogP contribution in [0.1, 0.15) is 20.3 Å². The molecule has 6 heteroatoms. The Balaban J connectivity index is 4.11. The molecule has 0 bridgehead atoms. The van der Waals surface area contributed by atoms with E-state index in [2.05, 4.69) is 4.72 Å². The van der Waals surface area contributed by atoms with Crippen LogP contribution in [0.5, 0.6) is 0 Å². The van der Waals surface area contributed by atoms with Crippen molar-refractivity contribution in [2.75, 3.05) is 27.2 Å². The molecule has 0 saturated heterocycles. The molecule has 0 saturated carbocycles. The Kier molecular flexibility index (Phi) is 6.35. The molecule has 3 N–H and O–H groups in total. The topological polar surface area (TPSA) is 75.4 Å². The van der Waals surface area contributed by atoms with Crippen molar-refractivity contribution in [3.05, 3.63) is 0 Å². The van der Waals surface area contributed by atoms with Gasteiger partial charge in [-0.1, -0.05) is 0 Å². The number of nitrogens with two attached hydrogens (primary N) is 1. The lowest BCUT2D eigenvalue weighted by Gasteiger charge is -2.19. The third-order valence-corrected chi connectivity index (χ3v) is 4.22. The molecule has 0 fully saturated rings. The van der Waals surface area contributed by atoms with Crippen LogP contribution in [0, 0.1) is 0 Å². The first-order valence-electron chi connectivity index (χ1n) is 5.15. The lowest BCUT2D eigenvalue weighted by Crippen LogP contribution is -2.42. The number of sulfonamides is 1. The summed E-state index contributed by atoms with van der Waals surface area (Å²) < 4.78 is 25.9. The van der Waals surface area contributed by atoms with Crippen LogP contribution in [-0.4, -0.2) is 51.8 Å². The second-order valence-corrected chi connectivity index (χ2v) is 6.33. The van der Waals surface area contributed by atoms with E-state index in [1.165, 1.54) is 0 Å². The standard InChI is InChI=1S/C9H23N3O2S/c1-8(5-6-12(3)4)11-15(13,14)9(2)7-10/h8-9,11H,5-7,10H2,1-4H3. The Morgan fingerprint density at radius 1 is 1.33 bits per heavy atom. The monoisotopic (exact) mass is 237 g/mol. The molecule has 15 heavy (non-hydrogen) atoms. The van der Waals surface area contributed by atoms with E-state index in [0.29, 0.717) is 0 Å². The van der Waals surface area contributed by atoms with Crippen molar-refractivity contribution >= 4 is 10.0 Å². The molecule has 0 aliphatic rings. The van der Waals surface area contributed by atoms with E-state index in [9.17, 15) is 8.42 Å². The molecule has 2 unspecified atom stereocenters. The minimum atomic E-state index is -3.25. The van der Waals surface area contributed by atoms with E-state index in [4.69, 9.17) is 5.73 Å². The van der Waals surface area contributed by atoms with Crippen molar-refractivity contribution in [2.24, 2.45) is 5.73 Å². The molecule has 5 nitrogen and oxygen atoms in total. The maximum atomic E-state index is 11.6. The van der Waals surface area contributed by atoms with Gasteiger partial charge in [-0.2, -0.15) is 0 Å². The molecule has 0 aromatic heterocycles. The highest BCUT2D eigenvalue weighted by atomic mass is 32.2. The minimum absolute atomic E-state index is 0.0496. The molecule has 0 aromatic carbocycles. The van der Waals surface area contributed by atoms with E-state index in [1.807, 2.05) is 25.9 Å². The minimum Gasteiger partial charge on any atom is -0.329 e. The largest absolute Gasteiger partial charge is 0.329 e. The summed E-state index contributed by atoms with van der Waals surface area (Å²) in [5, 5.41) is -0.528. The first-order chi connectivity index (χ1) is 6.79. The molecular weight excluding hydrogens is 214 g/mol. The van der Waals surface area contributed by atoms with Gasteiger partial charge in [0.15, 0.2) is 0 Å². The van der Waals surface area contributed by atoms with Crippen molar-refractivity contribution in [3.8, 4) is 0 Å². The van der Waals surface area contributed by atoms with Gasteiger partial charge in [-0.3, -0.25) is 0 Å². The van der Waals surface area contributed by atoms with E-state index in [-0.39, 0.29) is 12.6 Å². The van der Waals surface area contributed by atoms with Crippen molar-refractivity contribution in [1.29, 1.82) is 0 Å². The molecule has 92 valence electrons. The number of nitrogens with zero attached hydrogens (tertiary/aromatic N) is 1. The molecule has 0 amide bonds. The van der Waals surface area contributed by atoms with Gasteiger partial charge in [0.2, 0.25) is 10.0 Å². The fourth-order valence-corrected chi connectivity index (χ4v) is 2.20. The predicted octanol–water partition coefficient (Wildman–Crippen LogP) is -0.407. The number of rotatable bonds is 7. The van der Waals surface area contributed by atoms with Crippen molar-refractivity contribution in [1.82, 2.24) is 9.62 Å². The summed E-state index contributed by atoms with van der Waals surface area (Å²) in [6.45, 7) is 4.49. The number of hydrogen-bond acceptors (Lipinski definition) is 4. The molecule has 0 aromatic rings. The highest BCUT2D eigenvalue weighted by molar-refractivity contribution is 7.90. The van der Waals surface area contributed by atoms with Crippen LogP contribution >= 0.6 is 0 Å². The van der Waals surface area contributed by atoms with Crippen molar-refractivity contribution < 1.29 is 8.42 Å². The summed E-state index contributed by atoms with van der Waals surface area (Å²) in [4.78, 5) is 2.02. The van der Waals surface area contributed by atoms with Crippen LogP contribution in [0.15, 0.2) is 0 Å². The maximum absolute atomic E-state index is 11.6. The Bertz CT molecular complexity index is 265. The summed E-state index contributed by atoms with van der Waals surface area (Å²) >= 11 is 0. The lowest BCUT2D eigenvalue weighted by molar-refractivity contribution is 0.378. The summed E-state index contributed by atoms with van der Waals surface area (Å²) in [6.07, 6.45) is 0.795. The average Bonchev–Trinajstić information content (AvgIpc) is 2.12. The highest BCUT2D eigenvalue weighted by Crippen LogP contribution is 2.00. The lowest BCUT2D eigenvalue weighted by atomic mass is 10.2. The molecule has 0 aliphatic carbocycles. The van der Waals surface area contributed by atoms with Crippen LogP contribution in [0.3, 0.4) is 0 Å². The smallest absolute Gasteiger partial charge is 0.215 e. The second-order valence-electron chi connectivity index (χ2n) is 4.20. The molecular formula is C9H23N3O2S. The van der Waals surface area contributed by atoms with Gasteiger partial charge < -0.3 is 10.6 Å². The number of hydrogen-bond donors (Lipinski definition) is 2. The molecule has 0 radical (unpaired) electrons. The second kappa shape index (κ2) is 6.42. The molecule has 0 aliphatic heterocycles. The van der Waals surface area contributed by atoms with Crippen LogP contribution in [0.4, 0.5) is 0 Å². The molecule has 2 atom stereocenters. The zero-order valence-electron chi connectivity index (χ0n) is 10.0. The van der Waals surface area contributed by atoms with Gasteiger partial charge in [-0.25, -0.2) is 13.1 Å². The van der Waals surface area contributed by atoms with Gasteiger partial charge in [0.25, 0.3) is 0 Å². The highest BCUT2D eigenvalue weighted by Gasteiger charge is 2.20.